The molecule has 0 unspecified atom stereocenters. The first-order chi connectivity index (χ1) is 11.4. The molecule has 1 heterocycles. The van der Waals surface area contributed by atoms with Gasteiger partial charge >= 0.3 is 12.1 Å². The van der Waals surface area contributed by atoms with Gasteiger partial charge in [-0.05, 0) is 29.8 Å². The summed E-state index contributed by atoms with van der Waals surface area (Å²) >= 11 is 0. The number of H-pyrrole nitrogens is 1. The maximum Gasteiger partial charge on any atom is 0.416 e. The van der Waals surface area contributed by atoms with Crippen molar-refractivity contribution in [3.63, 3.8) is 0 Å². The van der Waals surface area contributed by atoms with Crippen LogP contribution < -0.4 is 0 Å². The predicted octanol–water partition coefficient (Wildman–Crippen LogP) is 4.81. The Balaban J connectivity index is 2.05. The van der Waals surface area contributed by atoms with Gasteiger partial charge in [0.2, 0.25) is 0 Å². The van der Waals surface area contributed by atoms with Crippen LogP contribution in [0.4, 0.5) is 13.2 Å². The normalized spacial score (nSPS) is 12.5. The Hall–Kier alpha value is -3.02. The predicted molar refractivity (Wildman–Crippen MR) is 85.2 cm³/mol. The fraction of sp³-hybridized carbons (Fsp3) is 0.0556. The second-order valence-corrected chi connectivity index (χ2v) is 5.23. The van der Waals surface area contributed by atoms with Gasteiger partial charge in [-0.25, -0.2) is 4.79 Å². The molecule has 0 amide bonds. The number of alkyl halides is 3. The molecule has 2 aromatic carbocycles. The molecule has 0 spiro atoms. The highest BCUT2D eigenvalue weighted by atomic mass is 19.4. The number of hydrogen-bond acceptors (Lipinski definition) is 1. The van der Waals surface area contributed by atoms with Crippen LogP contribution in [0.3, 0.4) is 0 Å². The maximum absolute atomic E-state index is 12.6. The van der Waals surface area contributed by atoms with Gasteiger partial charge in [0.25, 0.3) is 0 Å². The minimum atomic E-state index is -4.42. The first kappa shape index (κ1) is 15.9. The van der Waals surface area contributed by atoms with E-state index in [0.29, 0.717) is 11.1 Å². The third-order valence-corrected chi connectivity index (χ3v) is 3.66. The van der Waals surface area contributed by atoms with Gasteiger partial charge < -0.3 is 10.1 Å². The second-order valence-electron chi connectivity index (χ2n) is 5.23. The summed E-state index contributed by atoms with van der Waals surface area (Å²) in [5.74, 6) is -1.15. The van der Waals surface area contributed by atoms with Crippen molar-refractivity contribution >= 4 is 28.5 Å². The van der Waals surface area contributed by atoms with Crippen LogP contribution in [0.2, 0.25) is 0 Å². The molecule has 0 aliphatic heterocycles. The van der Waals surface area contributed by atoms with E-state index in [2.05, 4.69) is 4.98 Å². The molecule has 6 heteroatoms. The number of aromatic amines is 1. The summed E-state index contributed by atoms with van der Waals surface area (Å²) in [5.41, 5.74) is 0.881. The van der Waals surface area contributed by atoms with Gasteiger partial charge in [0.15, 0.2) is 0 Å². The molecule has 3 nitrogen and oxygen atoms in total. The molecular formula is C18H12F3NO2. The molecule has 122 valence electrons. The number of carboxylic acids is 1. The SMILES string of the molecule is O=C(O)/C(=C\c1ccc(C(F)(F)F)cc1)c1c[nH]c2ccccc12. The average Bonchev–Trinajstić information content (AvgIpc) is 2.96. The number of carbonyl (C=O) groups is 1. The van der Waals surface area contributed by atoms with Gasteiger partial charge in [-0.15, -0.1) is 0 Å². The van der Waals surface area contributed by atoms with Crippen molar-refractivity contribution in [1.82, 2.24) is 4.98 Å². The van der Waals surface area contributed by atoms with Crippen LogP contribution in [0.25, 0.3) is 22.6 Å². The molecule has 0 bridgehead atoms. The highest BCUT2D eigenvalue weighted by molar-refractivity contribution is 6.23. The van der Waals surface area contributed by atoms with Crippen molar-refractivity contribution < 1.29 is 23.1 Å². The highest BCUT2D eigenvalue weighted by Crippen LogP contribution is 2.30. The van der Waals surface area contributed by atoms with E-state index in [-0.39, 0.29) is 5.57 Å². The number of rotatable bonds is 3. The van der Waals surface area contributed by atoms with Gasteiger partial charge in [0, 0.05) is 22.7 Å². The van der Waals surface area contributed by atoms with Crippen molar-refractivity contribution in [2.75, 3.05) is 0 Å². The summed E-state index contributed by atoms with van der Waals surface area (Å²) in [7, 11) is 0. The van der Waals surface area contributed by atoms with Gasteiger partial charge in [-0.3, -0.25) is 0 Å². The molecule has 2 N–H and O–H groups in total. The lowest BCUT2D eigenvalue weighted by Crippen LogP contribution is -2.04. The minimum absolute atomic E-state index is 0.00667. The van der Waals surface area contributed by atoms with Gasteiger partial charge in [0.05, 0.1) is 11.1 Å². The van der Waals surface area contributed by atoms with E-state index >= 15 is 0 Å². The van der Waals surface area contributed by atoms with Crippen LogP contribution in [0.15, 0.2) is 54.7 Å². The lowest BCUT2D eigenvalue weighted by molar-refractivity contribution is -0.137. The zero-order chi connectivity index (χ0) is 17.3. The fourth-order valence-electron chi connectivity index (χ4n) is 2.48. The number of aliphatic carboxylic acids is 1. The Morgan fingerprint density at radius 2 is 1.71 bits per heavy atom. The Bertz CT molecular complexity index is 921. The number of hydrogen-bond donors (Lipinski definition) is 2. The third-order valence-electron chi connectivity index (χ3n) is 3.66. The molecule has 0 atom stereocenters. The smallest absolute Gasteiger partial charge is 0.416 e. The van der Waals surface area contributed by atoms with Crippen LogP contribution in [-0.2, 0) is 11.0 Å². The van der Waals surface area contributed by atoms with E-state index in [0.717, 1.165) is 23.0 Å². The summed E-state index contributed by atoms with van der Waals surface area (Å²) in [4.78, 5) is 14.6. The maximum atomic E-state index is 12.6. The summed E-state index contributed by atoms with van der Waals surface area (Å²) < 4.78 is 37.8. The summed E-state index contributed by atoms with van der Waals surface area (Å²) in [6, 6.07) is 11.6. The lowest BCUT2D eigenvalue weighted by atomic mass is 10.0. The molecule has 0 radical (unpaired) electrons. The van der Waals surface area contributed by atoms with Crippen molar-refractivity contribution in [2.45, 2.75) is 6.18 Å². The zero-order valence-corrected chi connectivity index (χ0v) is 12.3. The standard InChI is InChI=1S/C18H12F3NO2/c19-18(20,21)12-7-5-11(6-8-12)9-14(17(23)24)15-10-22-16-4-2-1-3-13(15)16/h1-10,22H,(H,23,24)/b14-9-. The third kappa shape index (κ3) is 3.03. The Labute approximate surface area is 135 Å². The molecule has 3 aromatic rings. The van der Waals surface area contributed by atoms with Crippen LogP contribution in [0.1, 0.15) is 16.7 Å². The second kappa shape index (κ2) is 5.88. The van der Waals surface area contributed by atoms with Crippen LogP contribution in [0.5, 0.6) is 0 Å². The van der Waals surface area contributed by atoms with Crippen molar-refractivity contribution in [3.05, 3.63) is 71.4 Å². The number of para-hydroxylation sites is 1. The number of halogens is 3. The van der Waals surface area contributed by atoms with Crippen LogP contribution in [0, 0.1) is 0 Å². The molecule has 3 rings (SSSR count). The minimum Gasteiger partial charge on any atom is -0.478 e. The molecule has 0 aliphatic carbocycles. The number of benzene rings is 2. The number of carboxylic acid groups (broad SMARTS) is 1. The highest BCUT2D eigenvalue weighted by Gasteiger charge is 2.29. The van der Waals surface area contributed by atoms with E-state index in [9.17, 15) is 23.1 Å². The van der Waals surface area contributed by atoms with Gasteiger partial charge in [-0.1, -0.05) is 30.3 Å². The quantitative estimate of drug-likeness (QED) is 0.677. The summed E-state index contributed by atoms with van der Waals surface area (Å²) in [6.07, 6.45) is -1.48. The van der Waals surface area contributed by atoms with E-state index in [1.54, 1.807) is 18.3 Å². The summed E-state index contributed by atoms with van der Waals surface area (Å²) in [5, 5.41) is 10.2. The van der Waals surface area contributed by atoms with E-state index in [1.807, 2.05) is 12.1 Å². The molecule has 0 saturated heterocycles. The molecule has 24 heavy (non-hydrogen) atoms. The zero-order valence-electron chi connectivity index (χ0n) is 12.3. The van der Waals surface area contributed by atoms with Gasteiger partial charge in [-0.2, -0.15) is 13.2 Å². The first-order valence-corrected chi connectivity index (χ1v) is 7.05. The number of aromatic nitrogens is 1. The van der Waals surface area contributed by atoms with E-state index < -0.39 is 17.7 Å². The average molecular weight is 331 g/mol. The van der Waals surface area contributed by atoms with Crippen LogP contribution in [-0.4, -0.2) is 16.1 Å². The van der Waals surface area contributed by atoms with Crippen molar-refractivity contribution in [2.24, 2.45) is 0 Å². The van der Waals surface area contributed by atoms with Crippen molar-refractivity contribution in [3.8, 4) is 0 Å². The first-order valence-electron chi connectivity index (χ1n) is 7.05. The topological polar surface area (TPSA) is 53.1 Å². The monoisotopic (exact) mass is 331 g/mol. The molecule has 0 aliphatic rings. The van der Waals surface area contributed by atoms with Gasteiger partial charge in [0.1, 0.15) is 0 Å². The fourth-order valence-corrected chi connectivity index (χ4v) is 2.48. The Morgan fingerprint density at radius 3 is 2.33 bits per heavy atom. The van der Waals surface area contributed by atoms with Crippen molar-refractivity contribution in [1.29, 1.82) is 0 Å². The van der Waals surface area contributed by atoms with E-state index in [4.69, 9.17) is 0 Å². The number of nitrogens with one attached hydrogen (secondary N) is 1. The molecule has 0 fully saturated rings. The lowest BCUT2D eigenvalue weighted by Gasteiger charge is -2.07. The van der Waals surface area contributed by atoms with E-state index in [1.165, 1.54) is 18.2 Å². The Kier molecular flexibility index (Phi) is 3.89. The van der Waals surface area contributed by atoms with Crippen LogP contribution >= 0.6 is 0 Å². The Morgan fingerprint density at radius 1 is 1.04 bits per heavy atom. The summed E-state index contributed by atoms with van der Waals surface area (Å²) in [6.45, 7) is 0. The largest absolute Gasteiger partial charge is 0.478 e. The number of fused-ring (bicyclic) bond motifs is 1. The molecule has 1 aromatic heterocycles. The molecular weight excluding hydrogens is 319 g/mol. The molecule has 0 saturated carbocycles.